The second-order valence-electron chi connectivity index (χ2n) is 4.45. The fourth-order valence-corrected chi connectivity index (χ4v) is 1.64. The molecule has 0 aromatic heterocycles. The highest BCUT2D eigenvalue weighted by Crippen LogP contribution is 2.19. The Bertz CT molecular complexity index is 415. The van der Waals surface area contributed by atoms with Gasteiger partial charge in [0.2, 0.25) is 0 Å². The molecule has 90 valence electrons. The zero-order valence-electron chi connectivity index (χ0n) is 10.6. The summed E-state index contributed by atoms with van der Waals surface area (Å²) in [5.74, 6) is -0.0447. The van der Waals surface area contributed by atoms with E-state index in [0.29, 0.717) is 5.56 Å². The number of rotatable bonds is 5. The van der Waals surface area contributed by atoms with Gasteiger partial charge in [0.05, 0.1) is 12.0 Å². The summed E-state index contributed by atoms with van der Waals surface area (Å²) in [7, 11) is 3.99. The van der Waals surface area contributed by atoms with E-state index in [4.69, 9.17) is 5.26 Å². The normalized spacial score (nSPS) is 12.2. The van der Waals surface area contributed by atoms with Crippen LogP contribution >= 0.6 is 0 Å². The standard InChI is InChI=1S/C14H18N2O/c1-11(17)12-4-6-13(7-5-12)14(10-15)8-9-16(2)3/h4-7,14H,8-9H2,1-3H3. The fourth-order valence-electron chi connectivity index (χ4n) is 1.64. The predicted molar refractivity (Wildman–Crippen MR) is 68.0 cm³/mol. The molecule has 0 N–H and O–H groups in total. The lowest BCUT2D eigenvalue weighted by Crippen LogP contribution is -2.15. The zero-order chi connectivity index (χ0) is 12.8. The minimum Gasteiger partial charge on any atom is -0.309 e. The summed E-state index contributed by atoms with van der Waals surface area (Å²) in [6.45, 7) is 2.43. The topological polar surface area (TPSA) is 44.1 Å². The summed E-state index contributed by atoms with van der Waals surface area (Å²) >= 11 is 0. The molecule has 0 aliphatic rings. The van der Waals surface area contributed by atoms with E-state index in [0.717, 1.165) is 18.5 Å². The highest BCUT2D eigenvalue weighted by atomic mass is 16.1. The molecule has 3 heteroatoms. The van der Waals surface area contributed by atoms with Gasteiger partial charge in [-0.15, -0.1) is 0 Å². The molecule has 0 amide bonds. The second kappa shape index (κ2) is 6.17. The first-order valence-corrected chi connectivity index (χ1v) is 5.70. The molecule has 0 heterocycles. The van der Waals surface area contributed by atoms with E-state index in [9.17, 15) is 4.79 Å². The molecule has 0 radical (unpaired) electrons. The van der Waals surface area contributed by atoms with Gasteiger partial charge in [0.15, 0.2) is 5.78 Å². The van der Waals surface area contributed by atoms with Crippen LogP contribution in [0, 0.1) is 11.3 Å². The van der Waals surface area contributed by atoms with E-state index in [1.54, 1.807) is 19.1 Å². The van der Waals surface area contributed by atoms with Crippen molar-refractivity contribution in [2.75, 3.05) is 20.6 Å². The molecule has 1 aromatic rings. The van der Waals surface area contributed by atoms with Gasteiger partial charge < -0.3 is 4.90 Å². The van der Waals surface area contributed by atoms with Gasteiger partial charge >= 0.3 is 0 Å². The second-order valence-corrected chi connectivity index (χ2v) is 4.45. The van der Waals surface area contributed by atoms with Crippen LogP contribution in [0.2, 0.25) is 0 Å². The number of hydrogen-bond donors (Lipinski definition) is 0. The van der Waals surface area contributed by atoms with E-state index in [2.05, 4.69) is 11.0 Å². The average Bonchev–Trinajstić information content (AvgIpc) is 2.30. The molecule has 1 aromatic carbocycles. The van der Waals surface area contributed by atoms with Crippen molar-refractivity contribution in [3.63, 3.8) is 0 Å². The molecule has 3 nitrogen and oxygen atoms in total. The molecular formula is C14H18N2O. The molecule has 0 saturated carbocycles. The first-order chi connectivity index (χ1) is 8.04. The number of benzene rings is 1. The van der Waals surface area contributed by atoms with Gasteiger partial charge in [0.25, 0.3) is 0 Å². The van der Waals surface area contributed by atoms with Gasteiger partial charge in [0, 0.05) is 5.56 Å². The van der Waals surface area contributed by atoms with Crippen LogP contribution in [0.3, 0.4) is 0 Å². The minimum absolute atomic E-state index is 0.0540. The quantitative estimate of drug-likeness (QED) is 0.730. The molecule has 1 unspecified atom stereocenters. The average molecular weight is 230 g/mol. The van der Waals surface area contributed by atoms with Gasteiger partial charge in [-0.05, 0) is 39.5 Å². The van der Waals surface area contributed by atoms with Crippen LogP contribution in [-0.2, 0) is 0 Å². The summed E-state index contributed by atoms with van der Waals surface area (Å²) in [6.07, 6.45) is 0.808. The lowest BCUT2D eigenvalue weighted by Gasteiger charge is -2.13. The van der Waals surface area contributed by atoms with Gasteiger partial charge in [-0.1, -0.05) is 24.3 Å². The monoisotopic (exact) mass is 230 g/mol. The van der Waals surface area contributed by atoms with E-state index < -0.39 is 0 Å². The molecule has 0 spiro atoms. The Morgan fingerprint density at radius 2 is 1.94 bits per heavy atom. The summed E-state index contributed by atoms with van der Waals surface area (Å²) in [5.41, 5.74) is 1.68. The van der Waals surface area contributed by atoms with Gasteiger partial charge in [-0.2, -0.15) is 5.26 Å². The number of carbonyl (C=O) groups excluding carboxylic acids is 1. The van der Waals surface area contributed by atoms with Crippen LogP contribution in [0.4, 0.5) is 0 Å². The Kier molecular flexibility index (Phi) is 4.86. The van der Waals surface area contributed by atoms with Gasteiger partial charge in [-0.25, -0.2) is 0 Å². The summed E-state index contributed by atoms with van der Waals surface area (Å²) in [4.78, 5) is 13.2. The number of ketones is 1. The molecule has 0 fully saturated rings. The third-order valence-corrected chi connectivity index (χ3v) is 2.74. The third kappa shape index (κ3) is 4.01. The van der Waals surface area contributed by atoms with Crippen molar-refractivity contribution in [2.45, 2.75) is 19.3 Å². The maximum absolute atomic E-state index is 11.1. The third-order valence-electron chi connectivity index (χ3n) is 2.74. The van der Waals surface area contributed by atoms with E-state index in [1.165, 1.54) is 0 Å². The number of carbonyl (C=O) groups is 1. The Labute approximate surface area is 103 Å². The van der Waals surface area contributed by atoms with Crippen LogP contribution in [0.25, 0.3) is 0 Å². The molecule has 0 saturated heterocycles. The Morgan fingerprint density at radius 1 is 1.35 bits per heavy atom. The van der Waals surface area contributed by atoms with Crippen LogP contribution in [0.1, 0.15) is 35.2 Å². The number of Topliss-reactive ketones (excluding diaryl/α,β-unsaturated/α-hetero) is 1. The maximum Gasteiger partial charge on any atom is 0.159 e. The van der Waals surface area contributed by atoms with Gasteiger partial charge in [-0.3, -0.25) is 4.79 Å². The van der Waals surface area contributed by atoms with Crippen molar-refractivity contribution in [3.8, 4) is 6.07 Å². The SMILES string of the molecule is CC(=O)c1ccc(C(C#N)CCN(C)C)cc1. The van der Waals surface area contributed by atoms with Crippen LogP contribution in [-0.4, -0.2) is 31.3 Å². The Morgan fingerprint density at radius 3 is 2.35 bits per heavy atom. The Hall–Kier alpha value is -1.66. The molecule has 0 aliphatic heterocycles. The number of nitrogens with zero attached hydrogens (tertiary/aromatic N) is 2. The van der Waals surface area contributed by atoms with Crippen LogP contribution in [0.5, 0.6) is 0 Å². The molecule has 17 heavy (non-hydrogen) atoms. The molecule has 1 rings (SSSR count). The first-order valence-electron chi connectivity index (χ1n) is 5.70. The lowest BCUT2D eigenvalue weighted by atomic mass is 9.95. The van der Waals surface area contributed by atoms with Crippen molar-refractivity contribution < 1.29 is 4.79 Å². The van der Waals surface area contributed by atoms with Crippen molar-refractivity contribution >= 4 is 5.78 Å². The van der Waals surface area contributed by atoms with Gasteiger partial charge in [0.1, 0.15) is 0 Å². The molecule has 1 atom stereocenters. The van der Waals surface area contributed by atoms with Crippen molar-refractivity contribution in [1.82, 2.24) is 4.90 Å². The van der Waals surface area contributed by atoms with Crippen molar-refractivity contribution in [3.05, 3.63) is 35.4 Å². The van der Waals surface area contributed by atoms with Crippen molar-refractivity contribution in [1.29, 1.82) is 5.26 Å². The van der Waals surface area contributed by atoms with Crippen LogP contribution in [0.15, 0.2) is 24.3 Å². The zero-order valence-corrected chi connectivity index (χ0v) is 10.6. The number of hydrogen-bond acceptors (Lipinski definition) is 3. The summed E-state index contributed by atoms with van der Waals surface area (Å²) in [5, 5.41) is 9.14. The van der Waals surface area contributed by atoms with Crippen LogP contribution < -0.4 is 0 Å². The Balaban J connectivity index is 2.76. The molecular weight excluding hydrogens is 212 g/mol. The van der Waals surface area contributed by atoms with E-state index in [-0.39, 0.29) is 11.7 Å². The molecule has 0 bridgehead atoms. The molecule has 0 aliphatic carbocycles. The fraction of sp³-hybridized carbons (Fsp3) is 0.429. The highest BCUT2D eigenvalue weighted by molar-refractivity contribution is 5.94. The first kappa shape index (κ1) is 13.4. The summed E-state index contributed by atoms with van der Waals surface area (Å²) < 4.78 is 0. The smallest absolute Gasteiger partial charge is 0.159 e. The van der Waals surface area contributed by atoms with Crippen molar-refractivity contribution in [2.24, 2.45) is 0 Å². The minimum atomic E-state index is -0.0987. The summed E-state index contributed by atoms with van der Waals surface area (Å²) in [6, 6.07) is 9.64. The largest absolute Gasteiger partial charge is 0.309 e. The van der Waals surface area contributed by atoms with E-state index >= 15 is 0 Å². The number of nitriles is 1. The predicted octanol–water partition coefficient (Wildman–Crippen LogP) is 2.45. The maximum atomic E-state index is 11.1. The lowest BCUT2D eigenvalue weighted by molar-refractivity contribution is 0.101. The van der Waals surface area contributed by atoms with E-state index in [1.807, 2.05) is 26.2 Å². The highest BCUT2D eigenvalue weighted by Gasteiger charge is 2.11.